The van der Waals surface area contributed by atoms with Gasteiger partial charge in [-0.15, -0.1) is 11.3 Å². The van der Waals surface area contributed by atoms with E-state index in [1.807, 2.05) is 31.4 Å². The highest BCUT2D eigenvalue weighted by Crippen LogP contribution is 2.24. The number of carbonyl (C=O) groups is 1. The lowest BCUT2D eigenvalue weighted by Gasteiger charge is -2.05. The number of aryl methyl sites for hydroxylation is 3. The zero-order valence-electron chi connectivity index (χ0n) is 14.5. The smallest absolute Gasteiger partial charge is 0.258 e. The average molecular weight is 368 g/mol. The van der Waals surface area contributed by atoms with Crippen LogP contribution in [0.4, 0.5) is 0 Å². The van der Waals surface area contributed by atoms with Gasteiger partial charge in [-0.2, -0.15) is 0 Å². The van der Waals surface area contributed by atoms with E-state index in [0.717, 1.165) is 10.7 Å². The number of nitrogens with one attached hydrogen (secondary N) is 1. The van der Waals surface area contributed by atoms with Gasteiger partial charge < -0.3 is 14.3 Å². The predicted octanol–water partition coefficient (Wildman–Crippen LogP) is 3.79. The van der Waals surface area contributed by atoms with Gasteiger partial charge in [-0.25, -0.2) is 9.97 Å². The normalized spacial score (nSPS) is 11.2. The molecule has 0 radical (unpaired) electrons. The van der Waals surface area contributed by atoms with Crippen LogP contribution in [0.5, 0.6) is 0 Å². The molecule has 4 rings (SSSR count). The van der Waals surface area contributed by atoms with Crippen LogP contribution in [-0.2, 0) is 6.54 Å². The average Bonchev–Trinajstić information content (AvgIpc) is 3.32. The van der Waals surface area contributed by atoms with Gasteiger partial charge in [-0.3, -0.25) is 4.79 Å². The monoisotopic (exact) mass is 368 g/mol. The summed E-state index contributed by atoms with van der Waals surface area (Å²) in [5.74, 6) is 1.12. The minimum Gasteiger partial charge on any atom is -0.458 e. The molecule has 0 aliphatic heterocycles. The summed E-state index contributed by atoms with van der Waals surface area (Å²) in [4.78, 5) is 21.3. The van der Waals surface area contributed by atoms with Crippen LogP contribution in [0.3, 0.4) is 0 Å². The van der Waals surface area contributed by atoms with E-state index in [9.17, 15) is 4.79 Å². The largest absolute Gasteiger partial charge is 0.458 e. The van der Waals surface area contributed by atoms with E-state index in [4.69, 9.17) is 8.94 Å². The maximum absolute atomic E-state index is 12.7. The Bertz CT molecular complexity index is 1110. The molecule has 0 bridgehead atoms. The summed E-state index contributed by atoms with van der Waals surface area (Å²) in [5, 5.41) is 10.3. The van der Waals surface area contributed by atoms with Crippen LogP contribution in [0.1, 0.15) is 32.5 Å². The second kappa shape index (κ2) is 6.38. The molecule has 4 aromatic rings. The SMILES string of the molecule is Cc1cc(C(=O)NCc2ccc(-c3csc(C)n3)o2)c2c(C)noc2n1. The molecule has 1 N–H and O–H groups in total. The van der Waals surface area contributed by atoms with Crippen LogP contribution in [0, 0.1) is 20.8 Å². The number of thiazole rings is 1. The molecular formula is C18H16N4O3S. The first-order valence-electron chi connectivity index (χ1n) is 8.04. The third kappa shape index (κ3) is 2.99. The highest BCUT2D eigenvalue weighted by atomic mass is 32.1. The number of pyridine rings is 1. The molecule has 0 unspecified atom stereocenters. The Hall–Kier alpha value is -3.00. The van der Waals surface area contributed by atoms with Crippen molar-refractivity contribution in [2.75, 3.05) is 0 Å². The molecule has 0 atom stereocenters. The fraction of sp³-hybridized carbons (Fsp3) is 0.222. The highest BCUT2D eigenvalue weighted by Gasteiger charge is 2.18. The predicted molar refractivity (Wildman–Crippen MR) is 97.0 cm³/mol. The Morgan fingerprint density at radius 3 is 2.85 bits per heavy atom. The number of fused-ring (bicyclic) bond motifs is 1. The van der Waals surface area contributed by atoms with E-state index < -0.39 is 0 Å². The van der Waals surface area contributed by atoms with Crippen molar-refractivity contribution in [3.63, 3.8) is 0 Å². The maximum atomic E-state index is 12.7. The lowest BCUT2D eigenvalue weighted by Crippen LogP contribution is -2.23. The van der Waals surface area contributed by atoms with Crippen molar-refractivity contribution < 1.29 is 13.7 Å². The van der Waals surface area contributed by atoms with Crippen molar-refractivity contribution in [2.24, 2.45) is 0 Å². The molecule has 1 amide bonds. The second-order valence-electron chi connectivity index (χ2n) is 5.96. The first kappa shape index (κ1) is 16.5. The first-order valence-corrected chi connectivity index (χ1v) is 8.92. The van der Waals surface area contributed by atoms with Crippen LogP contribution in [-0.4, -0.2) is 21.0 Å². The molecule has 0 saturated heterocycles. The van der Waals surface area contributed by atoms with Gasteiger partial charge in [0.1, 0.15) is 11.5 Å². The maximum Gasteiger partial charge on any atom is 0.258 e. The van der Waals surface area contributed by atoms with Crippen LogP contribution >= 0.6 is 11.3 Å². The van der Waals surface area contributed by atoms with Gasteiger partial charge in [0.25, 0.3) is 11.6 Å². The number of aromatic nitrogens is 3. The van der Waals surface area contributed by atoms with Crippen molar-refractivity contribution in [1.29, 1.82) is 0 Å². The van der Waals surface area contributed by atoms with Crippen molar-refractivity contribution in [3.8, 4) is 11.5 Å². The van der Waals surface area contributed by atoms with E-state index >= 15 is 0 Å². The molecule has 0 aliphatic rings. The van der Waals surface area contributed by atoms with Crippen molar-refractivity contribution in [1.82, 2.24) is 20.4 Å². The number of nitrogens with zero attached hydrogens (tertiary/aromatic N) is 3. The zero-order chi connectivity index (χ0) is 18.3. The highest BCUT2D eigenvalue weighted by molar-refractivity contribution is 7.09. The summed E-state index contributed by atoms with van der Waals surface area (Å²) < 4.78 is 10.9. The second-order valence-corrected chi connectivity index (χ2v) is 7.02. The number of amides is 1. The van der Waals surface area contributed by atoms with E-state index in [1.165, 1.54) is 0 Å². The van der Waals surface area contributed by atoms with Gasteiger partial charge in [0, 0.05) is 11.1 Å². The molecule has 26 heavy (non-hydrogen) atoms. The molecule has 0 fully saturated rings. The topological polar surface area (TPSA) is 94.1 Å². The molecule has 0 aliphatic carbocycles. The Kier molecular flexibility index (Phi) is 4.04. The lowest BCUT2D eigenvalue weighted by molar-refractivity contribution is 0.0949. The Balaban J connectivity index is 1.53. The quantitative estimate of drug-likeness (QED) is 0.589. The zero-order valence-corrected chi connectivity index (χ0v) is 15.3. The Morgan fingerprint density at radius 2 is 2.08 bits per heavy atom. The number of furan rings is 1. The minimum atomic E-state index is -0.228. The van der Waals surface area contributed by atoms with E-state index in [-0.39, 0.29) is 12.5 Å². The molecule has 0 spiro atoms. The first-order chi connectivity index (χ1) is 12.5. The molecule has 7 nitrogen and oxygen atoms in total. The summed E-state index contributed by atoms with van der Waals surface area (Å²) in [6, 6.07) is 5.42. The molecular weight excluding hydrogens is 352 g/mol. The molecule has 4 aromatic heterocycles. The third-order valence-electron chi connectivity index (χ3n) is 3.95. The van der Waals surface area contributed by atoms with Gasteiger partial charge in [0.2, 0.25) is 0 Å². The number of rotatable bonds is 4. The van der Waals surface area contributed by atoms with Crippen LogP contribution < -0.4 is 5.32 Å². The summed E-state index contributed by atoms with van der Waals surface area (Å²) in [7, 11) is 0. The summed E-state index contributed by atoms with van der Waals surface area (Å²) in [6.07, 6.45) is 0. The number of carbonyl (C=O) groups excluding carboxylic acids is 1. The van der Waals surface area contributed by atoms with Crippen LogP contribution in [0.15, 0.2) is 32.5 Å². The molecule has 0 saturated carbocycles. The van der Waals surface area contributed by atoms with Gasteiger partial charge in [0.05, 0.1) is 28.2 Å². The summed E-state index contributed by atoms with van der Waals surface area (Å²) in [6.45, 7) is 5.81. The third-order valence-corrected chi connectivity index (χ3v) is 4.72. The Morgan fingerprint density at radius 1 is 1.23 bits per heavy atom. The van der Waals surface area contributed by atoms with E-state index in [2.05, 4.69) is 20.4 Å². The number of hydrogen-bond donors (Lipinski definition) is 1. The molecule has 132 valence electrons. The van der Waals surface area contributed by atoms with Crippen LogP contribution in [0.25, 0.3) is 22.6 Å². The molecule has 0 aromatic carbocycles. The minimum absolute atomic E-state index is 0.228. The lowest BCUT2D eigenvalue weighted by atomic mass is 10.1. The van der Waals surface area contributed by atoms with Crippen LogP contribution in [0.2, 0.25) is 0 Å². The van der Waals surface area contributed by atoms with Gasteiger partial charge >= 0.3 is 0 Å². The summed E-state index contributed by atoms with van der Waals surface area (Å²) >= 11 is 1.57. The standard InChI is InChI=1S/C18H16N4O3S/c1-9-6-13(16-10(2)22-25-18(16)20-9)17(23)19-7-12-4-5-15(24-12)14-8-26-11(3)21-14/h4-6,8H,7H2,1-3H3,(H,19,23). The number of hydrogen-bond acceptors (Lipinski definition) is 7. The van der Waals surface area contributed by atoms with E-state index in [1.54, 1.807) is 24.3 Å². The van der Waals surface area contributed by atoms with Crippen molar-refractivity contribution in [3.05, 3.63) is 51.3 Å². The van der Waals surface area contributed by atoms with Gasteiger partial charge in [0.15, 0.2) is 5.76 Å². The molecule has 8 heteroatoms. The summed E-state index contributed by atoms with van der Waals surface area (Å²) in [5.41, 5.74) is 2.99. The fourth-order valence-electron chi connectivity index (χ4n) is 2.75. The molecule has 4 heterocycles. The Labute approximate surface area is 153 Å². The van der Waals surface area contributed by atoms with Gasteiger partial charge in [-0.1, -0.05) is 5.16 Å². The fourth-order valence-corrected chi connectivity index (χ4v) is 3.35. The van der Waals surface area contributed by atoms with Crippen molar-refractivity contribution >= 4 is 28.3 Å². The van der Waals surface area contributed by atoms with Gasteiger partial charge in [-0.05, 0) is 39.0 Å². The van der Waals surface area contributed by atoms with E-state index in [0.29, 0.717) is 39.6 Å². The van der Waals surface area contributed by atoms with Crippen molar-refractivity contribution in [2.45, 2.75) is 27.3 Å².